The van der Waals surface area contributed by atoms with Crippen molar-refractivity contribution in [3.8, 4) is 0 Å². The fraction of sp³-hybridized carbons (Fsp3) is 0.0909. The van der Waals surface area contributed by atoms with E-state index < -0.39 is 0 Å². The Morgan fingerprint density at radius 3 is 2.88 bits per heavy atom. The zero-order valence-corrected chi connectivity index (χ0v) is 12.3. The first kappa shape index (κ1) is 12.9. The van der Waals surface area contributed by atoms with Crippen molar-refractivity contribution < 1.29 is 0 Å². The van der Waals surface area contributed by atoms with Gasteiger partial charge in [0, 0.05) is 11.1 Å². The molecule has 0 fully saturated rings. The topological polar surface area (TPSA) is 45.8 Å². The summed E-state index contributed by atoms with van der Waals surface area (Å²) in [5.41, 5.74) is -0.102. The highest BCUT2D eigenvalue weighted by Crippen LogP contribution is 2.28. The van der Waals surface area contributed by atoms with E-state index in [9.17, 15) is 4.79 Å². The molecule has 1 aromatic heterocycles. The molecular weight excluding hydrogens is 371 g/mol. The number of benzene rings is 1. The number of aromatic nitrogens is 2. The quantitative estimate of drug-likeness (QED) is 0.658. The maximum atomic E-state index is 11.4. The Hall–Kier alpha value is -0.530. The molecule has 0 spiro atoms. The van der Waals surface area contributed by atoms with E-state index in [0.29, 0.717) is 20.2 Å². The highest BCUT2D eigenvalue weighted by molar-refractivity contribution is 14.1. The van der Waals surface area contributed by atoms with E-state index in [2.05, 4.69) is 9.97 Å². The zero-order valence-electron chi connectivity index (χ0n) is 8.61. The number of hydrogen-bond acceptors (Lipinski definition) is 3. The molecule has 3 nitrogen and oxygen atoms in total. The minimum atomic E-state index is -0.102. The van der Waals surface area contributed by atoms with Gasteiger partial charge in [-0.3, -0.25) is 4.79 Å². The van der Waals surface area contributed by atoms with E-state index in [0.717, 1.165) is 4.90 Å². The van der Waals surface area contributed by atoms with Gasteiger partial charge in [-0.05, 0) is 34.7 Å². The zero-order chi connectivity index (χ0) is 12.3. The van der Waals surface area contributed by atoms with Crippen molar-refractivity contribution in [1.29, 1.82) is 0 Å². The van der Waals surface area contributed by atoms with Crippen LogP contribution in [0.1, 0.15) is 5.82 Å². The highest BCUT2D eigenvalue weighted by Gasteiger charge is 2.03. The summed E-state index contributed by atoms with van der Waals surface area (Å²) in [7, 11) is 0. The van der Waals surface area contributed by atoms with Crippen LogP contribution in [0.5, 0.6) is 0 Å². The maximum absolute atomic E-state index is 11.4. The lowest BCUT2D eigenvalue weighted by molar-refractivity contribution is 0.989. The summed E-state index contributed by atoms with van der Waals surface area (Å²) in [5.74, 6) is 1.25. The van der Waals surface area contributed by atoms with Gasteiger partial charge in [-0.25, -0.2) is 4.98 Å². The maximum Gasteiger partial charge on any atom is 0.264 e. The molecule has 0 unspecified atom stereocenters. The summed E-state index contributed by atoms with van der Waals surface area (Å²) < 4.78 is 0.592. The predicted molar refractivity (Wildman–Crippen MR) is 78.6 cm³/mol. The summed E-state index contributed by atoms with van der Waals surface area (Å²) in [4.78, 5) is 19.2. The van der Waals surface area contributed by atoms with Crippen molar-refractivity contribution in [2.24, 2.45) is 0 Å². The molecule has 88 valence electrons. The molecule has 0 bridgehead atoms. The number of nitrogens with one attached hydrogen (secondary N) is 1. The fourth-order valence-corrected chi connectivity index (χ4v) is 2.59. The monoisotopic (exact) mass is 378 g/mol. The normalized spacial score (nSPS) is 10.5. The third kappa shape index (κ3) is 3.46. The fourth-order valence-electron chi connectivity index (χ4n) is 1.20. The van der Waals surface area contributed by atoms with Crippen LogP contribution in [0.2, 0.25) is 5.02 Å². The molecule has 2 rings (SSSR count). The molecule has 6 heteroatoms. The molecule has 0 saturated carbocycles. The van der Waals surface area contributed by atoms with Crippen LogP contribution in [0, 0.1) is 3.57 Å². The molecule has 0 radical (unpaired) electrons. The van der Waals surface area contributed by atoms with Gasteiger partial charge in [-0.2, -0.15) is 0 Å². The van der Waals surface area contributed by atoms with E-state index in [4.69, 9.17) is 11.6 Å². The average Bonchev–Trinajstić information content (AvgIpc) is 2.32. The first-order valence-corrected chi connectivity index (χ1v) is 7.22. The molecule has 0 saturated heterocycles. The first-order valence-electron chi connectivity index (χ1n) is 4.78. The highest BCUT2D eigenvalue weighted by atomic mass is 127. The molecule has 0 aliphatic heterocycles. The van der Waals surface area contributed by atoms with Crippen molar-refractivity contribution in [3.63, 3.8) is 0 Å². The SMILES string of the molecule is O=c1[nH]c(CSc2ccccc2Cl)ncc1I. The van der Waals surface area contributed by atoms with Gasteiger partial charge < -0.3 is 4.98 Å². The van der Waals surface area contributed by atoms with Crippen molar-refractivity contribution >= 4 is 46.0 Å². The van der Waals surface area contributed by atoms with E-state index >= 15 is 0 Å². The van der Waals surface area contributed by atoms with E-state index in [1.165, 1.54) is 0 Å². The summed E-state index contributed by atoms with van der Waals surface area (Å²) in [6.45, 7) is 0. The van der Waals surface area contributed by atoms with Crippen molar-refractivity contribution in [3.05, 3.63) is 55.2 Å². The summed E-state index contributed by atoms with van der Waals surface area (Å²) >= 11 is 9.53. The Labute approximate surface area is 121 Å². The third-order valence-electron chi connectivity index (χ3n) is 2.01. The first-order chi connectivity index (χ1) is 8.16. The Kier molecular flexibility index (Phi) is 4.47. The van der Waals surface area contributed by atoms with Gasteiger partial charge in [-0.15, -0.1) is 11.8 Å². The van der Waals surface area contributed by atoms with Gasteiger partial charge in [-0.1, -0.05) is 23.7 Å². The molecule has 1 N–H and O–H groups in total. The third-order valence-corrected chi connectivity index (χ3v) is 4.30. The van der Waals surface area contributed by atoms with Crippen LogP contribution in [0.4, 0.5) is 0 Å². The predicted octanol–water partition coefficient (Wildman–Crippen LogP) is 3.32. The largest absolute Gasteiger partial charge is 0.309 e. The van der Waals surface area contributed by atoms with Crippen LogP contribution in [0.15, 0.2) is 40.2 Å². The summed E-state index contributed by atoms with van der Waals surface area (Å²) in [6.07, 6.45) is 1.57. The molecule has 1 aromatic carbocycles. The van der Waals surface area contributed by atoms with Crippen molar-refractivity contribution in [2.75, 3.05) is 0 Å². The molecular formula is C11H8ClIN2OS. The number of halogens is 2. The van der Waals surface area contributed by atoms with Crippen LogP contribution < -0.4 is 5.56 Å². The lowest BCUT2D eigenvalue weighted by Crippen LogP contribution is -2.13. The molecule has 0 aliphatic carbocycles. The second kappa shape index (κ2) is 5.88. The average molecular weight is 379 g/mol. The lowest BCUT2D eigenvalue weighted by Gasteiger charge is -2.03. The second-order valence-electron chi connectivity index (χ2n) is 3.23. The molecule has 1 heterocycles. The smallest absolute Gasteiger partial charge is 0.264 e. The minimum Gasteiger partial charge on any atom is -0.309 e. The van der Waals surface area contributed by atoms with Crippen molar-refractivity contribution in [1.82, 2.24) is 9.97 Å². The number of H-pyrrole nitrogens is 1. The second-order valence-corrected chi connectivity index (χ2v) is 5.81. The van der Waals surface area contributed by atoms with Gasteiger partial charge in [0.15, 0.2) is 0 Å². The van der Waals surface area contributed by atoms with Crippen LogP contribution in [-0.4, -0.2) is 9.97 Å². The van der Waals surface area contributed by atoms with Crippen LogP contribution in [0.25, 0.3) is 0 Å². The Balaban J connectivity index is 2.10. The summed E-state index contributed by atoms with van der Waals surface area (Å²) in [6, 6.07) is 7.60. The van der Waals surface area contributed by atoms with E-state index in [1.54, 1.807) is 18.0 Å². The minimum absolute atomic E-state index is 0.102. The molecule has 0 aliphatic rings. The number of thioether (sulfide) groups is 1. The van der Waals surface area contributed by atoms with E-state index in [1.807, 2.05) is 46.9 Å². The van der Waals surface area contributed by atoms with Gasteiger partial charge >= 0.3 is 0 Å². The van der Waals surface area contributed by atoms with Gasteiger partial charge in [0.05, 0.1) is 14.3 Å². The van der Waals surface area contributed by atoms with Crippen LogP contribution in [-0.2, 0) is 5.75 Å². The van der Waals surface area contributed by atoms with Gasteiger partial charge in [0.2, 0.25) is 0 Å². The Morgan fingerprint density at radius 2 is 2.18 bits per heavy atom. The van der Waals surface area contributed by atoms with Gasteiger partial charge in [0.25, 0.3) is 5.56 Å². The molecule has 0 atom stereocenters. The Bertz CT molecular complexity index is 588. The molecule has 17 heavy (non-hydrogen) atoms. The number of rotatable bonds is 3. The molecule has 0 amide bonds. The van der Waals surface area contributed by atoms with Gasteiger partial charge in [0.1, 0.15) is 5.82 Å². The number of hydrogen-bond donors (Lipinski definition) is 1. The summed E-state index contributed by atoms with van der Waals surface area (Å²) in [5, 5.41) is 0.713. The Morgan fingerprint density at radius 1 is 1.41 bits per heavy atom. The van der Waals surface area contributed by atoms with Crippen LogP contribution in [0.3, 0.4) is 0 Å². The standard InChI is InChI=1S/C11H8ClIN2OS/c12-7-3-1-2-4-9(7)17-6-10-14-5-8(13)11(16)15-10/h1-5H,6H2,(H,14,15,16). The number of nitrogens with zero attached hydrogens (tertiary/aromatic N) is 1. The lowest BCUT2D eigenvalue weighted by atomic mass is 10.4. The van der Waals surface area contributed by atoms with Crippen LogP contribution >= 0.6 is 46.0 Å². The van der Waals surface area contributed by atoms with Crippen molar-refractivity contribution in [2.45, 2.75) is 10.6 Å². The molecule has 2 aromatic rings. The van der Waals surface area contributed by atoms with E-state index in [-0.39, 0.29) is 5.56 Å². The number of aromatic amines is 1.